The van der Waals surface area contributed by atoms with E-state index in [1.807, 2.05) is 24.3 Å². The number of nitrogens with zero attached hydrogens (tertiary/aromatic N) is 1. The minimum atomic E-state index is -1.11. The summed E-state index contributed by atoms with van der Waals surface area (Å²) in [6, 6.07) is 16.2. The SMILES string of the molecule is C#CCN(CC(=O)O)C(=O)[C@@H]1C[C@@H]1CNC(=O)OCC1c2ccccc2-c2ccccc21. The molecule has 2 aromatic carbocycles. The molecule has 32 heavy (non-hydrogen) atoms. The first kappa shape index (κ1) is 21.4. The number of fused-ring (bicyclic) bond motifs is 3. The summed E-state index contributed by atoms with van der Waals surface area (Å²) in [6.07, 6.45) is 5.29. The Morgan fingerprint density at radius 3 is 2.31 bits per heavy atom. The van der Waals surface area contributed by atoms with Crippen molar-refractivity contribution in [2.24, 2.45) is 11.8 Å². The molecular formula is C25H24N2O5. The lowest BCUT2D eigenvalue weighted by molar-refractivity contribution is -0.144. The van der Waals surface area contributed by atoms with Gasteiger partial charge in [-0.25, -0.2) is 4.79 Å². The number of carbonyl (C=O) groups is 3. The van der Waals surface area contributed by atoms with Crippen LogP contribution in [0.5, 0.6) is 0 Å². The van der Waals surface area contributed by atoms with Gasteiger partial charge in [-0.1, -0.05) is 54.5 Å². The van der Waals surface area contributed by atoms with Crippen LogP contribution in [-0.2, 0) is 14.3 Å². The summed E-state index contributed by atoms with van der Waals surface area (Å²) >= 11 is 0. The number of aliphatic carboxylic acids is 1. The smallest absolute Gasteiger partial charge is 0.407 e. The Kier molecular flexibility index (Phi) is 6.13. The molecule has 0 aromatic heterocycles. The Morgan fingerprint density at radius 2 is 1.72 bits per heavy atom. The van der Waals surface area contributed by atoms with Crippen molar-refractivity contribution in [3.05, 3.63) is 59.7 Å². The minimum absolute atomic E-state index is 0.0169. The molecular weight excluding hydrogens is 408 g/mol. The lowest BCUT2D eigenvalue weighted by Gasteiger charge is -2.18. The van der Waals surface area contributed by atoms with E-state index in [9.17, 15) is 14.4 Å². The van der Waals surface area contributed by atoms with Crippen molar-refractivity contribution >= 4 is 18.0 Å². The molecule has 2 aliphatic rings. The monoisotopic (exact) mass is 432 g/mol. The van der Waals surface area contributed by atoms with Gasteiger partial charge in [0.05, 0.1) is 6.54 Å². The predicted molar refractivity (Wildman–Crippen MR) is 118 cm³/mol. The van der Waals surface area contributed by atoms with Gasteiger partial charge < -0.3 is 20.1 Å². The number of hydrogen-bond acceptors (Lipinski definition) is 4. The average molecular weight is 432 g/mol. The van der Waals surface area contributed by atoms with E-state index in [2.05, 4.69) is 35.5 Å². The summed E-state index contributed by atoms with van der Waals surface area (Å²) in [5.41, 5.74) is 4.60. The van der Waals surface area contributed by atoms with Crippen LogP contribution in [0.1, 0.15) is 23.5 Å². The number of alkyl carbamates (subject to hydrolysis) is 1. The highest BCUT2D eigenvalue weighted by atomic mass is 16.5. The zero-order valence-corrected chi connectivity index (χ0v) is 17.5. The van der Waals surface area contributed by atoms with Crippen LogP contribution < -0.4 is 5.32 Å². The molecule has 4 rings (SSSR count). The van der Waals surface area contributed by atoms with E-state index >= 15 is 0 Å². The fourth-order valence-electron chi connectivity index (χ4n) is 4.36. The minimum Gasteiger partial charge on any atom is -0.480 e. The molecule has 0 unspecified atom stereocenters. The highest BCUT2D eigenvalue weighted by Gasteiger charge is 2.45. The van der Waals surface area contributed by atoms with Crippen LogP contribution >= 0.6 is 0 Å². The van der Waals surface area contributed by atoms with Crippen LogP contribution in [0.25, 0.3) is 11.1 Å². The Balaban J connectivity index is 1.28. The van der Waals surface area contributed by atoms with E-state index in [-0.39, 0.29) is 36.8 Å². The molecule has 1 fully saturated rings. The van der Waals surface area contributed by atoms with Gasteiger partial charge in [-0.2, -0.15) is 0 Å². The van der Waals surface area contributed by atoms with E-state index in [1.54, 1.807) is 0 Å². The van der Waals surface area contributed by atoms with Crippen LogP contribution in [0, 0.1) is 24.2 Å². The molecule has 2 amide bonds. The zero-order valence-electron chi connectivity index (χ0n) is 17.5. The number of amides is 2. The molecule has 0 heterocycles. The van der Waals surface area contributed by atoms with Crippen molar-refractivity contribution in [2.45, 2.75) is 12.3 Å². The molecule has 2 aliphatic carbocycles. The van der Waals surface area contributed by atoms with Gasteiger partial charge in [0.1, 0.15) is 13.2 Å². The van der Waals surface area contributed by atoms with Crippen molar-refractivity contribution in [1.82, 2.24) is 10.2 Å². The second-order valence-corrected chi connectivity index (χ2v) is 8.10. The fraction of sp³-hybridized carbons (Fsp3) is 0.320. The van der Waals surface area contributed by atoms with Crippen molar-refractivity contribution in [1.29, 1.82) is 0 Å². The van der Waals surface area contributed by atoms with Crippen molar-refractivity contribution in [3.8, 4) is 23.5 Å². The fourth-order valence-corrected chi connectivity index (χ4v) is 4.36. The third kappa shape index (κ3) is 4.45. The highest BCUT2D eigenvalue weighted by molar-refractivity contribution is 5.85. The van der Waals surface area contributed by atoms with Crippen molar-refractivity contribution in [3.63, 3.8) is 0 Å². The summed E-state index contributed by atoms with van der Waals surface area (Å²) in [6.45, 7) is 0.0473. The number of ether oxygens (including phenoxy) is 1. The Morgan fingerprint density at radius 1 is 1.09 bits per heavy atom. The van der Waals surface area contributed by atoms with Crippen molar-refractivity contribution < 1.29 is 24.2 Å². The molecule has 7 nitrogen and oxygen atoms in total. The average Bonchev–Trinajstić information content (AvgIpc) is 3.50. The predicted octanol–water partition coefficient (Wildman–Crippen LogP) is 2.71. The van der Waals surface area contributed by atoms with Gasteiger partial charge in [-0.3, -0.25) is 9.59 Å². The highest BCUT2D eigenvalue weighted by Crippen LogP contribution is 2.44. The first-order chi connectivity index (χ1) is 15.5. The summed E-state index contributed by atoms with van der Waals surface area (Å²) < 4.78 is 5.50. The third-order valence-corrected chi connectivity index (χ3v) is 6.01. The second-order valence-electron chi connectivity index (χ2n) is 8.10. The van der Waals surface area contributed by atoms with E-state index in [0.717, 1.165) is 27.2 Å². The van der Waals surface area contributed by atoms with Gasteiger partial charge in [-0.15, -0.1) is 6.42 Å². The number of carbonyl (C=O) groups excluding carboxylic acids is 2. The number of carboxylic acids is 1. The first-order valence-electron chi connectivity index (χ1n) is 10.5. The van der Waals surface area contributed by atoms with Gasteiger partial charge >= 0.3 is 12.1 Å². The van der Waals surface area contributed by atoms with Crippen molar-refractivity contribution in [2.75, 3.05) is 26.2 Å². The maximum atomic E-state index is 12.4. The lowest BCUT2D eigenvalue weighted by atomic mass is 9.98. The Labute approximate surface area is 186 Å². The first-order valence-corrected chi connectivity index (χ1v) is 10.5. The molecule has 0 aliphatic heterocycles. The molecule has 2 atom stereocenters. The maximum absolute atomic E-state index is 12.4. The number of hydrogen-bond donors (Lipinski definition) is 2. The molecule has 2 aromatic rings. The van der Waals surface area contributed by atoms with E-state index < -0.39 is 18.6 Å². The summed E-state index contributed by atoms with van der Waals surface area (Å²) in [5, 5.41) is 11.7. The number of rotatable bonds is 8. The van der Waals surface area contributed by atoms with Crippen LogP contribution in [0.4, 0.5) is 4.79 Å². The number of carboxylic acid groups (broad SMARTS) is 1. The van der Waals surface area contributed by atoms with Crippen LogP contribution in [0.3, 0.4) is 0 Å². The summed E-state index contributed by atoms with van der Waals surface area (Å²) in [4.78, 5) is 36.8. The topological polar surface area (TPSA) is 95.9 Å². The van der Waals surface area contributed by atoms with E-state index in [0.29, 0.717) is 13.0 Å². The lowest BCUT2D eigenvalue weighted by Crippen LogP contribution is -2.38. The molecule has 164 valence electrons. The Bertz CT molecular complexity index is 1040. The number of benzene rings is 2. The zero-order chi connectivity index (χ0) is 22.7. The summed E-state index contributed by atoms with van der Waals surface area (Å²) in [5.74, 6) is 0.531. The van der Waals surface area contributed by atoms with E-state index in [4.69, 9.17) is 16.3 Å². The molecule has 2 N–H and O–H groups in total. The van der Waals surface area contributed by atoms with Gasteiger partial charge in [0.2, 0.25) is 5.91 Å². The normalized spacial score (nSPS) is 18.1. The molecule has 0 bridgehead atoms. The Hall–Kier alpha value is -3.79. The molecule has 0 radical (unpaired) electrons. The van der Waals surface area contributed by atoms with Crippen LogP contribution in [-0.4, -0.2) is 54.2 Å². The van der Waals surface area contributed by atoms with Gasteiger partial charge in [-0.05, 0) is 34.6 Å². The quantitative estimate of drug-likeness (QED) is 0.626. The molecule has 0 spiro atoms. The van der Waals surface area contributed by atoms with Gasteiger partial charge in [0.25, 0.3) is 0 Å². The summed E-state index contributed by atoms with van der Waals surface area (Å²) in [7, 11) is 0. The standard InChI is InChI=1S/C25H24N2O5/c1-2-11-27(14-23(28)29)24(30)21-12-16(21)13-26-25(31)32-15-22-19-9-5-3-7-17(19)18-8-4-6-10-20(18)22/h1,3-10,16,21-22H,11-15H2,(H,26,31)(H,28,29)/t16-,21-/m1/s1. The largest absolute Gasteiger partial charge is 0.480 e. The molecule has 0 saturated heterocycles. The second kappa shape index (κ2) is 9.15. The van der Waals surface area contributed by atoms with Crippen LogP contribution in [0.15, 0.2) is 48.5 Å². The van der Waals surface area contributed by atoms with E-state index in [1.165, 1.54) is 0 Å². The maximum Gasteiger partial charge on any atom is 0.407 e. The van der Waals surface area contributed by atoms with Gasteiger partial charge in [0.15, 0.2) is 0 Å². The number of nitrogens with one attached hydrogen (secondary N) is 1. The molecule has 1 saturated carbocycles. The van der Waals surface area contributed by atoms with Crippen LogP contribution in [0.2, 0.25) is 0 Å². The number of terminal acetylenes is 1. The molecule has 7 heteroatoms. The van der Waals surface area contributed by atoms with Gasteiger partial charge in [0, 0.05) is 18.4 Å². The third-order valence-electron chi connectivity index (χ3n) is 6.01.